The molecule has 0 saturated carbocycles. The molecule has 1 N–H and O–H groups in total. The van der Waals surface area contributed by atoms with Crippen molar-refractivity contribution in [1.29, 1.82) is 0 Å². The number of phenols is 1. The van der Waals surface area contributed by atoms with E-state index < -0.39 is 0 Å². The maximum atomic E-state index is 13.8. The molecule has 37 heavy (non-hydrogen) atoms. The molecule has 0 atom stereocenters. The molecule has 3 rings (SSSR count). The van der Waals surface area contributed by atoms with E-state index in [2.05, 4.69) is 33.8 Å². The maximum absolute atomic E-state index is 13.8. The number of aromatic nitrogens is 1. The first-order valence-electron chi connectivity index (χ1n) is 13.4. The third-order valence-electron chi connectivity index (χ3n) is 6.37. The van der Waals surface area contributed by atoms with Gasteiger partial charge in [0, 0.05) is 18.0 Å². The van der Waals surface area contributed by atoms with Gasteiger partial charge in [0.25, 0.3) is 5.56 Å². The summed E-state index contributed by atoms with van der Waals surface area (Å²) in [6, 6.07) is 14.9. The van der Waals surface area contributed by atoms with Gasteiger partial charge in [0.05, 0.1) is 5.52 Å². The fraction of sp³-hybridized carbons (Fsp3) is 0.406. The molecule has 5 nitrogen and oxygen atoms in total. The van der Waals surface area contributed by atoms with Crippen LogP contribution in [-0.4, -0.2) is 16.3 Å². The van der Waals surface area contributed by atoms with Gasteiger partial charge in [0.1, 0.15) is 19.0 Å². The molecule has 0 spiro atoms. The molecule has 0 amide bonds. The first-order chi connectivity index (χ1) is 17.9. The van der Waals surface area contributed by atoms with E-state index in [1.807, 2.05) is 36.4 Å². The van der Waals surface area contributed by atoms with Crippen LogP contribution in [0.4, 0.5) is 0 Å². The van der Waals surface area contributed by atoms with Crippen LogP contribution in [0.3, 0.4) is 0 Å². The van der Waals surface area contributed by atoms with Crippen molar-refractivity contribution in [2.45, 2.75) is 79.4 Å². The first kappa shape index (κ1) is 28.1. The summed E-state index contributed by atoms with van der Waals surface area (Å²) in [7, 11) is 0. The quantitative estimate of drug-likeness (QED) is 0.179. The Bertz CT molecular complexity index is 1270. The van der Waals surface area contributed by atoms with Crippen molar-refractivity contribution < 1.29 is 14.6 Å². The van der Waals surface area contributed by atoms with Gasteiger partial charge in [0.2, 0.25) is 5.75 Å². The number of fused-ring (bicyclic) bond motifs is 1. The molecule has 0 aliphatic rings. The number of pyridine rings is 1. The highest BCUT2D eigenvalue weighted by molar-refractivity contribution is 5.89. The van der Waals surface area contributed by atoms with Gasteiger partial charge in [-0.15, -0.1) is 0 Å². The Morgan fingerprint density at radius 3 is 2.46 bits per heavy atom. The van der Waals surface area contributed by atoms with E-state index in [0.29, 0.717) is 24.4 Å². The summed E-state index contributed by atoms with van der Waals surface area (Å²) in [5.74, 6) is 0.758. The topological polar surface area (TPSA) is 60.7 Å². The second kappa shape index (κ2) is 14.3. The van der Waals surface area contributed by atoms with Gasteiger partial charge in [-0.25, -0.2) is 0 Å². The summed E-state index contributed by atoms with van der Waals surface area (Å²) in [4.78, 5) is 13.8. The molecular weight excluding hydrogens is 462 g/mol. The van der Waals surface area contributed by atoms with Gasteiger partial charge < -0.3 is 19.1 Å². The number of allylic oxidation sites excluding steroid dienone is 3. The number of rotatable bonds is 14. The van der Waals surface area contributed by atoms with Crippen LogP contribution in [0.1, 0.15) is 71.8 Å². The molecule has 0 radical (unpaired) electrons. The van der Waals surface area contributed by atoms with Gasteiger partial charge in [-0.2, -0.15) is 0 Å². The van der Waals surface area contributed by atoms with Crippen molar-refractivity contribution in [3.8, 4) is 17.2 Å². The Hall–Kier alpha value is -3.47. The Morgan fingerprint density at radius 1 is 0.946 bits per heavy atom. The van der Waals surface area contributed by atoms with Crippen LogP contribution in [0, 0.1) is 0 Å². The molecule has 198 valence electrons. The van der Waals surface area contributed by atoms with E-state index in [1.165, 1.54) is 11.1 Å². The molecule has 0 aliphatic carbocycles. The van der Waals surface area contributed by atoms with Gasteiger partial charge in [-0.3, -0.25) is 4.79 Å². The van der Waals surface area contributed by atoms with E-state index in [-0.39, 0.29) is 23.7 Å². The molecule has 0 fully saturated rings. The van der Waals surface area contributed by atoms with E-state index in [1.54, 1.807) is 22.8 Å². The van der Waals surface area contributed by atoms with Crippen molar-refractivity contribution >= 4 is 10.9 Å². The van der Waals surface area contributed by atoms with Crippen LogP contribution in [0.25, 0.3) is 10.9 Å². The minimum atomic E-state index is -0.228. The van der Waals surface area contributed by atoms with Gasteiger partial charge in [-0.05, 0) is 63.8 Å². The largest absolute Gasteiger partial charge is 0.508 e. The van der Waals surface area contributed by atoms with Crippen LogP contribution in [0.2, 0.25) is 0 Å². The molecule has 0 unspecified atom stereocenters. The zero-order valence-electron chi connectivity index (χ0n) is 22.8. The average molecular weight is 504 g/mol. The number of aryl methyl sites for hydroxylation is 1. The monoisotopic (exact) mass is 503 g/mol. The Balaban J connectivity index is 1.97. The lowest BCUT2D eigenvalue weighted by molar-refractivity contribution is 0.274. The number of phenolic OH excluding ortho intramolecular Hbond substituents is 1. The molecule has 0 saturated heterocycles. The van der Waals surface area contributed by atoms with E-state index in [4.69, 9.17) is 9.47 Å². The van der Waals surface area contributed by atoms with Crippen molar-refractivity contribution in [2.24, 2.45) is 0 Å². The lowest BCUT2D eigenvalue weighted by Gasteiger charge is -2.19. The van der Waals surface area contributed by atoms with Gasteiger partial charge >= 0.3 is 0 Å². The number of unbranched alkanes of at least 4 members (excludes halogenated alkanes) is 3. The lowest BCUT2D eigenvalue weighted by atomic mass is 10.1. The first-order valence-corrected chi connectivity index (χ1v) is 13.4. The number of nitrogens with zero attached hydrogens (tertiary/aromatic N) is 1. The average Bonchev–Trinajstić information content (AvgIpc) is 2.88. The third-order valence-corrected chi connectivity index (χ3v) is 6.37. The summed E-state index contributed by atoms with van der Waals surface area (Å²) >= 11 is 0. The van der Waals surface area contributed by atoms with Crippen LogP contribution in [-0.2, 0) is 13.2 Å². The van der Waals surface area contributed by atoms with Gasteiger partial charge in [0.15, 0.2) is 5.75 Å². The van der Waals surface area contributed by atoms with Gasteiger partial charge in [-0.1, -0.05) is 73.7 Å². The molecule has 1 heterocycles. The van der Waals surface area contributed by atoms with Crippen molar-refractivity contribution in [3.63, 3.8) is 0 Å². The van der Waals surface area contributed by atoms with Crippen molar-refractivity contribution in [2.75, 3.05) is 6.61 Å². The molecule has 3 aromatic rings. The normalized spacial score (nSPS) is 11.5. The molecular formula is C32H41NO4. The highest BCUT2D eigenvalue weighted by atomic mass is 16.5. The van der Waals surface area contributed by atoms with E-state index in [0.717, 1.165) is 49.5 Å². The summed E-state index contributed by atoms with van der Waals surface area (Å²) in [5.41, 5.74) is 3.96. The van der Waals surface area contributed by atoms with Crippen LogP contribution in [0.5, 0.6) is 17.2 Å². The Labute approximate surface area is 221 Å². The highest BCUT2D eigenvalue weighted by Crippen LogP contribution is 2.35. The van der Waals surface area contributed by atoms with Crippen LogP contribution < -0.4 is 15.0 Å². The molecule has 0 bridgehead atoms. The summed E-state index contributed by atoms with van der Waals surface area (Å²) < 4.78 is 14.1. The fourth-order valence-electron chi connectivity index (χ4n) is 4.26. The Morgan fingerprint density at radius 2 is 1.73 bits per heavy atom. The van der Waals surface area contributed by atoms with E-state index >= 15 is 0 Å². The zero-order valence-corrected chi connectivity index (χ0v) is 22.8. The van der Waals surface area contributed by atoms with Crippen LogP contribution in [0.15, 0.2) is 76.6 Å². The maximum Gasteiger partial charge on any atom is 0.297 e. The summed E-state index contributed by atoms with van der Waals surface area (Å²) in [6.45, 7) is 9.62. The SMILES string of the molecule is CCCCCCn1c(=O)c(OC/C=C(\C)CCC=C(C)C)c(OCc2ccccc2)c2ccc(O)cc21. The van der Waals surface area contributed by atoms with Crippen molar-refractivity contribution in [1.82, 2.24) is 4.57 Å². The minimum absolute atomic E-state index is 0.117. The standard InChI is InChI=1S/C32H41NO4/c1-5-6-7-11-20-33-29-22-27(34)17-18-28(29)30(37-23-26-15-9-8-10-16-26)31(32(33)35)36-21-19-25(4)14-12-13-24(2)3/h8-10,13,15-19,22,34H,5-7,11-12,14,20-21,23H2,1-4H3/b25-19+. The number of benzene rings is 2. The molecule has 0 aliphatic heterocycles. The molecule has 1 aromatic heterocycles. The van der Waals surface area contributed by atoms with Crippen LogP contribution >= 0.6 is 0 Å². The predicted molar refractivity (Wildman–Crippen MR) is 153 cm³/mol. The van der Waals surface area contributed by atoms with Crippen molar-refractivity contribution in [3.05, 3.63) is 87.7 Å². The number of ether oxygens (including phenoxy) is 2. The second-order valence-corrected chi connectivity index (χ2v) is 9.83. The zero-order chi connectivity index (χ0) is 26.6. The lowest BCUT2D eigenvalue weighted by Crippen LogP contribution is -2.24. The second-order valence-electron chi connectivity index (χ2n) is 9.83. The minimum Gasteiger partial charge on any atom is -0.508 e. The number of hydrogen-bond acceptors (Lipinski definition) is 4. The Kier molecular flexibility index (Phi) is 10.9. The number of hydrogen-bond donors (Lipinski definition) is 1. The summed E-state index contributed by atoms with van der Waals surface area (Å²) in [5, 5.41) is 11.0. The third kappa shape index (κ3) is 8.28. The molecule has 5 heteroatoms. The number of aromatic hydroxyl groups is 1. The summed E-state index contributed by atoms with van der Waals surface area (Å²) in [6.07, 6.45) is 10.4. The molecule has 2 aromatic carbocycles. The van der Waals surface area contributed by atoms with E-state index in [9.17, 15) is 9.90 Å². The smallest absolute Gasteiger partial charge is 0.297 e. The highest BCUT2D eigenvalue weighted by Gasteiger charge is 2.20. The fourth-order valence-corrected chi connectivity index (χ4v) is 4.26. The predicted octanol–water partition coefficient (Wildman–Crippen LogP) is 7.94.